The summed E-state index contributed by atoms with van der Waals surface area (Å²) in [5, 5.41) is 4.95. The molecular formula is C12H13Cl2N3. The second-order valence-electron chi connectivity index (χ2n) is 3.82. The van der Waals surface area contributed by atoms with Crippen LogP contribution in [0.3, 0.4) is 0 Å². The van der Waals surface area contributed by atoms with Crippen molar-refractivity contribution in [2.24, 2.45) is 0 Å². The molecule has 90 valence electrons. The normalized spacial score (nSPS) is 10.8. The quantitative estimate of drug-likeness (QED) is 0.799. The molecule has 2 heterocycles. The van der Waals surface area contributed by atoms with E-state index in [0.29, 0.717) is 10.9 Å². The van der Waals surface area contributed by atoms with Crippen molar-refractivity contribution in [2.75, 3.05) is 0 Å². The van der Waals surface area contributed by atoms with Crippen LogP contribution in [0.15, 0.2) is 18.3 Å². The maximum absolute atomic E-state index is 5.99. The average molecular weight is 270 g/mol. The van der Waals surface area contributed by atoms with Crippen LogP contribution in [0.25, 0.3) is 5.82 Å². The Bertz CT molecular complexity index is 493. The minimum atomic E-state index is 0.469. The fourth-order valence-electron chi connectivity index (χ4n) is 1.57. The molecule has 2 aromatic heterocycles. The number of aromatic nitrogens is 3. The smallest absolute Gasteiger partial charge is 0.153 e. The van der Waals surface area contributed by atoms with Gasteiger partial charge in [0.2, 0.25) is 0 Å². The highest BCUT2D eigenvalue weighted by atomic mass is 35.5. The Morgan fingerprint density at radius 1 is 1.35 bits per heavy atom. The third-order valence-corrected chi connectivity index (χ3v) is 3.19. The van der Waals surface area contributed by atoms with Gasteiger partial charge in [-0.1, -0.05) is 18.5 Å². The zero-order valence-electron chi connectivity index (χ0n) is 9.74. The van der Waals surface area contributed by atoms with Crippen LogP contribution in [-0.4, -0.2) is 14.8 Å². The summed E-state index contributed by atoms with van der Waals surface area (Å²) in [4.78, 5) is 4.51. The first-order valence-electron chi connectivity index (χ1n) is 5.42. The molecule has 0 saturated heterocycles. The van der Waals surface area contributed by atoms with Crippen molar-refractivity contribution in [3.8, 4) is 5.82 Å². The largest absolute Gasteiger partial charge is 0.234 e. The van der Waals surface area contributed by atoms with E-state index in [-0.39, 0.29) is 0 Å². The number of pyridine rings is 1. The molecule has 17 heavy (non-hydrogen) atoms. The Hall–Kier alpha value is -1.06. The first-order chi connectivity index (χ1) is 8.13. The van der Waals surface area contributed by atoms with Crippen LogP contribution in [0.2, 0.25) is 5.02 Å². The van der Waals surface area contributed by atoms with Gasteiger partial charge in [0.15, 0.2) is 5.82 Å². The highest BCUT2D eigenvalue weighted by molar-refractivity contribution is 6.31. The molecule has 2 aromatic rings. The van der Waals surface area contributed by atoms with E-state index in [1.807, 2.05) is 19.1 Å². The highest BCUT2D eigenvalue weighted by Gasteiger charge is 2.07. The van der Waals surface area contributed by atoms with Gasteiger partial charge in [0.05, 0.1) is 16.9 Å². The lowest BCUT2D eigenvalue weighted by Gasteiger charge is -2.05. The molecule has 0 aliphatic heterocycles. The van der Waals surface area contributed by atoms with Gasteiger partial charge >= 0.3 is 0 Å². The van der Waals surface area contributed by atoms with Gasteiger partial charge in [0.1, 0.15) is 0 Å². The minimum Gasteiger partial charge on any atom is -0.234 e. The Labute approximate surface area is 110 Å². The van der Waals surface area contributed by atoms with E-state index in [1.54, 1.807) is 10.9 Å². The van der Waals surface area contributed by atoms with E-state index < -0.39 is 0 Å². The number of rotatable bonds is 3. The van der Waals surface area contributed by atoms with Crippen molar-refractivity contribution in [3.05, 3.63) is 40.3 Å². The zero-order valence-corrected chi connectivity index (χ0v) is 11.3. The van der Waals surface area contributed by atoms with Crippen molar-refractivity contribution in [3.63, 3.8) is 0 Å². The average Bonchev–Trinajstić information content (AvgIpc) is 2.69. The lowest BCUT2D eigenvalue weighted by atomic mass is 10.2. The molecule has 0 aliphatic rings. The van der Waals surface area contributed by atoms with E-state index in [4.69, 9.17) is 23.2 Å². The lowest BCUT2D eigenvalue weighted by molar-refractivity contribution is 0.817. The second-order valence-corrected chi connectivity index (χ2v) is 4.49. The zero-order chi connectivity index (χ0) is 12.4. The standard InChI is InChI=1S/C12H13Cl2N3/c1-3-10-4-9(6-13)5-12(15-10)17-7-11(14)8(2)16-17/h4-5,7H,3,6H2,1-2H3. The molecule has 0 saturated carbocycles. The number of aryl methyl sites for hydroxylation is 2. The lowest BCUT2D eigenvalue weighted by Crippen LogP contribution is -2.02. The monoisotopic (exact) mass is 269 g/mol. The number of nitrogens with zero attached hydrogens (tertiary/aromatic N) is 3. The number of hydrogen-bond acceptors (Lipinski definition) is 2. The summed E-state index contributed by atoms with van der Waals surface area (Å²) in [5.41, 5.74) is 2.84. The van der Waals surface area contributed by atoms with Crippen molar-refractivity contribution >= 4 is 23.2 Å². The van der Waals surface area contributed by atoms with E-state index in [9.17, 15) is 0 Å². The van der Waals surface area contributed by atoms with Gasteiger partial charge in [-0.05, 0) is 31.0 Å². The van der Waals surface area contributed by atoms with Crippen molar-refractivity contribution in [1.29, 1.82) is 0 Å². The predicted molar refractivity (Wildman–Crippen MR) is 70.0 cm³/mol. The Balaban J connectivity index is 2.50. The van der Waals surface area contributed by atoms with Crippen LogP contribution in [0.1, 0.15) is 23.9 Å². The van der Waals surface area contributed by atoms with Crippen molar-refractivity contribution in [2.45, 2.75) is 26.1 Å². The minimum absolute atomic E-state index is 0.469. The van der Waals surface area contributed by atoms with Gasteiger partial charge in [-0.2, -0.15) is 5.10 Å². The predicted octanol–water partition coefficient (Wildman–Crippen LogP) is 3.53. The van der Waals surface area contributed by atoms with E-state index in [2.05, 4.69) is 17.0 Å². The molecule has 0 amide bonds. The molecule has 0 radical (unpaired) electrons. The van der Waals surface area contributed by atoms with Gasteiger partial charge in [0.25, 0.3) is 0 Å². The summed E-state index contributed by atoms with van der Waals surface area (Å²) < 4.78 is 1.69. The van der Waals surface area contributed by atoms with Gasteiger partial charge in [-0.25, -0.2) is 9.67 Å². The van der Waals surface area contributed by atoms with Gasteiger partial charge in [0, 0.05) is 11.6 Å². The van der Waals surface area contributed by atoms with E-state index >= 15 is 0 Å². The summed E-state index contributed by atoms with van der Waals surface area (Å²) in [5.74, 6) is 1.23. The molecule has 3 nitrogen and oxygen atoms in total. The Morgan fingerprint density at radius 3 is 2.65 bits per heavy atom. The van der Waals surface area contributed by atoms with Gasteiger partial charge in [-0.15, -0.1) is 11.6 Å². The van der Waals surface area contributed by atoms with Crippen molar-refractivity contribution in [1.82, 2.24) is 14.8 Å². The summed E-state index contributed by atoms with van der Waals surface area (Å²) in [7, 11) is 0. The fraction of sp³-hybridized carbons (Fsp3) is 0.333. The molecule has 5 heteroatoms. The van der Waals surface area contributed by atoms with Crippen molar-refractivity contribution < 1.29 is 0 Å². The van der Waals surface area contributed by atoms with E-state index in [0.717, 1.165) is 29.2 Å². The Morgan fingerprint density at radius 2 is 2.12 bits per heavy atom. The van der Waals surface area contributed by atoms with Crippen LogP contribution in [0.4, 0.5) is 0 Å². The number of halogens is 2. The molecule has 0 bridgehead atoms. The highest BCUT2D eigenvalue weighted by Crippen LogP contribution is 2.17. The maximum Gasteiger partial charge on any atom is 0.153 e. The number of hydrogen-bond donors (Lipinski definition) is 0. The van der Waals surface area contributed by atoms with Crippen LogP contribution in [-0.2, 0) is 12.3 Å². The topological polar surface area (TPSA) is 30.7 Å². The molecule has 0 aliphatic carbocycles. The summed E-state index contributed by atoms with van der Waals surface area (Å²) >= 11 is 11.9. The Kier molecular flexibility index (Phi) is 3.69. The fourth-order valence-corrected chi connectivity index (χ4v) is 1.85. The van der Waals surface area contributed by atoms with Crippen LogP contribution < -0.4 is 0 Å². The molecule has 0 atom stereocenters. The third-order valence-electron chi connectivity index (χ3n) is 2.51. The molecule has 2 rings (SSSR count). The first-order valence-corrected chi connectivity index (χ1v) is 6.33. The van der Waals surface area contributed by atoms with E-state index in [1.165, 1.54) is 0 Å². The molecular weight excluding hydrogens is 257 g/mol. The van der Waals surface area contributed by atoms with Crippen LogP contribution >= 0.6 is 23.2 Å². The number of alkyl halides is 1. The summed E-state index contributed by atoms with van der Waals surface area (Å²) in [6.07, 6.45) is 2.63. The molecule has 0 unspecified atom stereocenters. The molecule has 0 aromatic carbocycles. The van der Waals surface area contributed by atoms with Gasteiger partial charge in [-0.3, -0.25) is 0 Å². The first kappa shape index (κ1) is 12.4. The third kappa shape index (κ3) is 2.61. The van der Waals surface area contributed by atoms with Crippen LogP contribution in [0, 0.1) is 6.92 Å². The molecule has 0 spiro atoms. The summed E-state index contributed by atoms with van der Waals surface area (Å²) in [6, 6.07) is 3.93. The second kappa shape index (κ2) is 5.07. The summed E-state index contributed by atoms with van der Waals surface area (Å²) in [6.45, 7) is 3.93. The molecule has 0 N–H and O–H groups in total. The SMILES string of the molecule is CCc1cc(CCl)cc(-n2cc(Cl)c(C)n2)n1. The van der Waals surface area contributed by atoms with Gasteiger partial charge < -0.3 is 0 Å². The maximum atomic E-state index is 5.99. The van der Waals surface area contributed by atoms with Crippen LogP contribution in [0.5, 0.6) is 0 Å². The molecule has 0 fully saturated rings.